The largest absolute Gasteiger partial charge is 0.378 e. The lowest BCUT2D eigenvalue weighted by Crippen LogP contribution is -2.36. The molecule has 1 aromatic rings. The summed E-state index contributed by atoms with van der Waals surface area (Å²) >= 11 is 12.1. The van der Waals surface area contributed by atoms with E-state index in [-0.39, 0.29) is 12.1 Å². The van der Waals surface area contributed by atoms with Gasteiger partial charge in [-0.15, -0.1) is 0 Å². The minimum atomic E-state index is 0.0727. The zero-order valence-electron chi connectivity index (χ0n) is 9.83. The first-order chi connectivity index (χ1) is 8.09. The predicted octanol–water partition coefficient (Wildman–Crippen LogP) is 3.29. The van der Waals surface area contributed by atoms with Crippen molar-refractivity contribution >= 4 is 23.2 Å². The zero-order chi connectivity index (χ0) is 12.4. The average molecular weight is 274 g/mol. The number of hydrogen-bond donors (Lipinski definition) is 1. The van der Waals surface area contributed by atoms with Gasteiger partial charge in [0.15, 0.2) is 0 Å². The van der Waals surface area contributed by atoms with Crippen LogP contribution in [0.4, 0.5) is 0 Å². The molecule has 3 atom stereocenters. The van der Waals surface area contributed by atoms with Gasteiger partial charge in [0.05, 0.1) is 16.1 Å². The van der Waals surface area contributed by atoms with E-state index in [9.17, 15) is 0 Å². The third kappa shape index (κ3) is 2.94. The molecule has 1 aliphatic rings. The number of halogens is 2. The molecule has 3 unspecified atom stereocenters. The van der Waals surface area contributed by atoms with Gasteiger partial charge in [-0.2, -0.15) is 0 Å². The van der Waals surface area contributed by atoms with Crippen LogP contribution in [-0.2, 0) is 11.2 Å². The molecule has 2 rings (SSSR count). The van der Waals surface area contributed by atoms with E-state index in [0.717, 1.165) is 25.0 Å². The number of rotatable bonds is 3. The van der Waals surface area contributed by atoms with Crippen molar-refractivity contribution in [1.29, 1.82) is 0 Å². The third-order valence-electron chi connectivity index (χ3n) is 3.47. The van der Waals surface area contributed by atoms with E-state index in [2.05, 4.69) is 6.92 Å². The van der Waals surface area contributed by atoms with Gasteiger partial charge in [0.25, 0.3) is 0 Å². The molecule has 0 radical (unpaired) electrons. The first-order valence-electron chi connectivity index (χ1n) is 5.89. The quantitative estimate of drug-likeness (QED) is 0.918. The molecule has 1 saturated heterocycles. The van der Waals surface area contributed by atoms with E-state index in [1.54, 1.807) is 6.07 Å². The fraction of sp³-hybridized carbons (Fsp3) is 0.538. The van der Waals surface area contributed by atoms with Gasteiger partial charge in [0.1, 0.15) is 0 Å². The van der Waals surface area contributed by atoms with E-state index < -0.39 is 0 Å². The van der Waals surface area contributed by atoms with Crippen LogP contribution in [0.2, 0.25) is 10.0 Å². The fourth-order valence-corrected chi connectivity index (χ4v) is 2.82. The Bertz CT molecular complexity index is 397. The monoisotopic (exact) mass is 273 g/mol. The molecule has 0 amide bonds. The van der Waals surface area contributed by atoms with Gasteiger partial charge in [0.2, 0.25) is 0 Å². The minimum absolute atomic E-state index is 0.0727. The molecule has 0 saturated carbocycles. The summed E-state index contributed by atoms with van der Waals surface area (Å²) in [6.45, 7) is 2.89. The molecule has 1 aliphatic heterocycles. The Labute approximate surface area is 112 Å². The maximum atomic E-state index is 6.24. The van der Waals surface area contributed by atoms with Gasteiger partial charge in [-0.1, -0.05) is 35.3 Å². The highest BCUT2D eigenvalue weighted by molar-refractivity contribution is 6.42. The smallest absolute Gasteiger partial charge is 0.0624 e. The van der Waals surface area contributed by atoms with E-state index in [1.165, 1.54) is 0 Å². The Hall–Kier alpha value is -0.280. The highest BCUT2D eigenvalue weighted by atomic mass is 35.5. The van der Waals surface area contributed by atoms with Crippen LogP contribution in [-0.4, -0.2) is 18.8 Å². The van der Waals surface area contributed by atoms with Crippen LogP contribution in [0.3, 0.4) is 0 Å². The Morgan fingerprint density at radius 3 is 2.88 bits per heavy atom. The number of ether oxygens (including phenoxy) is 1. The molecule has 2 nitrogen and oxygen atoms in total. The SMILES string of the molecule is CC1OCCC1C(N)Cc1cccc(Cl)c1Cl. The van der Waals surface area contributed by atoms with Crippen molar-refractivity contribution in [3.05, 3.63) is 33.8 Å². The number of benzene rings is 1. The first kappa shape index (κ1) is 13.2. The van der Waals surface area contributed by atoms with Gasteiger partial charge < -0.3 is 10.5 Å². The van der Waals surface area contributed by atoms with E-state index in [0.29, 0.717) is 16.0 Å². The molecule has 1 aromatic carbocycles. The summed E-state index contributed by atoms with van der Waals surface area (Å²) in [5.74, 6) is 0.407. The molecule has 17 heavy (non-hydrogen) atoms. The summed E-state index contributed by atoms with van der Waals surface area (Å²) in [4.78, 5) is 0. The van der Waals surface area contributed by atoms with Crippen LogP contribution in [0.1, 0.15) is 18.9 Å². The van der Waals surface area contributed by atoms with Gasteiger partial charge in [0, 0.05) is 18.6 Å². The van der Waals surface area contributed by atoms with Gasteiger partial charge in [-0.05, 0) is 31.4 Å². The lowest BCUT2D eigenvalue weighted by atomic mass is 9.89. The van der Waals surface area contributed by atoms with E-state index in [4.69, 9.17) is 33.7 Å². The summed E-state index contributed by atoms with van der Waals surface area (Å²) in [5.41, 5.74) is 7.26. The third-order valence-corrected chi connectivity index (χ3v) is 4.33. The molecular formula is C13H17Cl2NO. The molecule has 94 valence electrons. The first-order valence-corrected chi connectivity index (χ1v) is 6.65. The molecule has 2 N–H and O–H groups in total. The van der Waals surface area contributed by atoms with Crippen LogP contribution in [0.5, 0.6) is 0 Å². The fourth-order valence-electron chi connectivity index (χ4n) is 2.42. The van der Waals surface area contributed by atoms with Gasteiger partial charge in [-0.3, -0.25) is 0 Å². The van der Waals surface area contributed by atoms with E-state index in [1.807, 2.05) is 12.1 Å². The van der Waals surface area contributed by atoms with Crippen LogP contribution >= 0.6 is 23.2 Å². The van der Waals surface area contributed by atoms with Crippen molar-refractivity contribution < 1.29 is 4.74 Å². The average Bonchev–Trinajstić information content (AvgIpc) is 2.71. The predicted molar refractivity (Wildman–Crippen MR) is 71.7 cm³/mol. The molecular weight excluding hydrogens is 257 g/mol. The number of hydrogen-bond acceptors (Lipinski definition) is 2. The van der Waals surface area contributed by atoms with Crippen molar-refractivity contribution in [3.8, 4) is 0 Å². The van der Waals surface area contributed by atoms with Crippen molar-refractivity contribution in [2.45, 2.75) is 31.9 Å². The number of nitrogens with two attached hydrogens (primary N) is 1. The highest BCUT2D eigenvalue weighted by Gasteiger charge is 2.30. The van der Waals surface area contributed by atoms with Crippen molar-refractivity contribution in [2.75, 3.05) is 6.61 Å². The minimum Gasteiger partial charge on any atom is -0.378 e. The summed E-state index contributed by atoms with van der Waals surface area (Å²) < 4.78 is 5.54. The maximum absolute atomic E-state index is 6.24. The van der Waals surface area contributed by atoms with E-state index >= 15 is 0 Å². The molecule has 1 fully saturated rings. The van der Waals surface area contributed by atoms with Crippen LogP contribution in [0.15, 0.2) is 18.2 Å². The molecule has 0 aliphatic carbocycles. The van der Waals surface area contributed by atoms with Crippen molar-refractivity contribution in [3.63, 3.8) is 0 Å². The summed E-state index contributed by atoms with van der Waals surface area (Å²) in [6.07, 6.45) is 2.01. The normalized spacial score (nSPS) is 26.1. The van der Waals surface area contributed by atoms with Gasteiger partial charge in [-0.25, -0.2) is 0 Å². The lowest BCUT2D eigenvalue weighted by molar-refractivity contribution is 0.0995. The second-order valence-electron chi connectivity index (χ2n) is 4.61. The highest BCUT2D eigenvalue weighted by Crippen LogP contribution is 2.29. The van der Waals surface area contributed by atoms with Crippen LogP contribution in [0.25, 0.3) is 0 Å². The standard InChI is InChI=1S/C13H17Cl2NO/c1-8-10(5-6-17-8)12(16)7-9-3-2-4-11(14)13(9)15/h2-4,8,10,12H,5-7,16H2,1H3. The van der Waals surface area contributed by atoms with Crippen molar-refractivity contribution in [1.82, 2.24) is 0 Å². The topological polar surface area (TPSA) is 35.2 Å². The van der Waals surface area contributed by atoms with Gasteiger partial charge >= 0.3 is 0 Å². The lowest BCUT2D eigenvalue weighted by Gasteiger charge is -2.22. The molecule has 4 heteroatoms. The van der Waals surface area contributed by atoms with Crippen LogP contribution < -0.4 is 5.73 Å². The summed E-state index contributed by atoms with van der Waals surface area (Å²) in [5, 5.41) is 1.21. The zero-order valence-corrected chi connectivity index (χ0v) is 11.3. The second-order valence-corrected chi connectivity index (χ2v) is 5.39. The Kier molecular flexibility index (Phi) is 4.31. The molecule has 0 aromatic heterocycles. The summed E-state index contributed by atoms with van der Waals surface area (Å²) in [7, 11) is 0. The Morgan fingerprint density at radius 2 is 2.24 bits per heavy atom. The van der Waals surface area contributed by atoms with Crippen molar-refractivity contribution in [2.24, 2.45) is 11.7 Å². The Balaban J connectivity index is 2.07. The summed E-state index contributed by atoms with van der Waals surface area (Å²) in [6, 6.07) is 5.75. The van der Waals surface area contributed by atoms with Crippen LogP contribution in [0, 0.1) is 5.92 Å². The molecule has 0 spiro atoms. The molecule has 0 bridgehead atoms. The maximum Gasteiger partial charge on any atom is 0.0624 e. The Morgan fingerprint density at radius 1 is 1.47 bits per heavy atom. The second kappa shape index (κ2) is 5.57. The molecule has 1 heterocycles.